The maximum atomic E-state index is 13.5. The maximum Gasteiger partial charge on any atom is 0.253 e. The molecule has 0 unspecified atom stereocenters. The second-order valence-electron chi connectivity index (χ2n) is 10.2. The minimum atomic E-state index is -0.00556. The van der Waals surface area contributed by atoms with Gasteiger partial charge in [-0.05, 0) is 72.9 Å². The topological polar surface area (TPSA) is 68.3 Å². The molecule has 206 valence electrons. The summed E-state index contributed by atoms with van der Waals surface area (Å²) in [6.45, 7) is 1.90. The predicted octanol–water partition coefficient (Wildman–Crippen LogP) is 4.42. The molecule has 7 nitrogen and oxygen atoms in total. The van der Waals surface area contributed by atoms with E-state index in [0.717, 1.165) is 29.5 Å². The summed E-state index contributed by atoms with van der Waals surface area (Å²) in [6.07, 6.45) is 2.16. The molecule has 40 heavy (non-hydrogen) atoms. The van der Waals surface area contributed by atoms with Gasteiger partial charge < -0.3 is 24.0 Å². The van der Waals surface area contributed by atoms with Crippen LogP contribution in [0.25, 0.3) is 0 Å². The lowest BCUT2D eigenvalue weighted by Gasteiger charge is -2.37. The van der Waals surface area contributed by atoms with Crippen molar-refractivity contribution in [2.45, 2.75) is 25.3 Å². The number of nitrogens with zero attached hydrogens (tertiary/aromatic N) is 2. The van der Waals surface area contributed by atoms with E-state index in [4.69, 9.17) is 14.2 Å². The predicted molar refractivity (Wildman–Crippen MR) is 153 cm³/mol. The molecule has 7 heteroatoms. The maximum absolute atomic E-state index is 13.5. The molecule has 0 radical (unpaired) electrons. The van der Waals surface area contributed by atoms with E-state index in [9.17, 15) is 9.59 Å². The van der Waals surface area contributed by atoms with Crippen molar-refractivity contribution in [1.29, 1.82) is 0 Å². The number of hydrogen-bond donors (Lipinski definition) is 0. The Kier molecular flexibility index (Phi) is 8.26. The van der Waals surface area contributed by atoms with Gasteiger partial charge >= 0.3 is 0 Å². The highest BCUT2D eigenvalue weighted by atomic mass is 16.5. The number of hydrogen-bond acceptors (Lipinski definition) is 5. The number of amides is 2. The van der Waals surface area contributed by atoms with Crippen LogP contribution >= 0.6 is 0 Å². The Morgan fingerprint density at radius 3 is 2.12 bits per heavy atom. The first-order valence-corrected chi connectivity index (χ1v) is 13.6. The Morgan fingerprint density at radius 1 is 0.850 bits per heavy atom. The zero-order chi connectivity index (χ0) is 28.1. The molecule has 0 spiro atoms. The molecular formula is C33H34N2O5. The van der Waals surface area contributed by atoms with Gasteiger partial charge in [-0.3, -0.25) is 9.59 Å². The van der Waals surface area contributed by atoms with Crippen molar-refractivity contribution in [3.05, 3.63) is 89.0 Å². The first-order chi connectivity index (χ1) is 19.5. The molecule has 0 N–H and O–H groups in total. The summed E-state index contributed by atoms with van der Waals surface area (Å²) in [4.78, 5) is 30.8. The number of likely N-dealkylation sites (tertiary alicyclic amines) is 2. The molecule has 2 atom stereocenters. The van der Waals surface area contributed by atoms with Gasteiger partial charge in [-0.1, -0.05) is 30.0 Å². The van der Waals surface area contributed by atoms with Gasteiger partial charge in [-0.25, -0.2) is 0 Å². The van der Waals surface area contributed by atoms with Crippen molar-refractivity contribution >= 4 is 11.8 Å². The van der Waals surface area contributed by atoms with Crippen LogP contribution in [0, 0.1) is 17.8 Å². The van der Waals surface area contributed by atoms with Gasteiger partial charge in [0.25, 0.3) is 5.91 Å². The molecule has 2 saturated heterocycles. The smallest absolute Gasteiger partial charge is 0.253 e. The van der Waals surface area contributed by atoms with E-state index in [0.29, 0.717) is 42.4 Å². The molecule has 0 saturated carbocycles. The van der Waals surface area contributed by atoms with E-state index < -0.39 is 0 Å². The monoisotopic (exact) mass is 538 g/mol. The molecule has 3 aromatic carbocycles. The summed E-state index contributed by atoms with van der Waals surface area (Å²) in [5, 5.41) is 0. The number of rotatable bonds is 6. The average Bonchev–Trinajstić information content (AvgIpc) is 3.44. The van der Waals surface area contributed by atoms with Crippen LogP contribution in [0.4, 0.5) is 0 Å². The van der Waals surface area contributed by atoms with E-state index >= 15 is 0 Å². The first kappa shape index (κ1) is 27.1. The number of methoxy groups -OCH3 is 3. The average molecular weight is 539 g/mol. The lowest BCUT2D eigenvalue weighted by Crippen LogP contribution is -2.49. The highest BCUT2D eigenvalue weighted by molar-refractivity contribution is 5.94. The first-order valence-electron chi connectivity index (χ1n) is 13.6. The van der Waals surface area contributed by atoms with E-state index in [1.165, 1.54) is 0 Å². The SMILES string of the molecule is COc1cc(CC(=O)N2CCC[C@@H]3CN(C(=O)c4ccc(C#Cc5ccccc5)cc4)C[C@@H]32)cc(OC)c1OC. The van der Waals surface area contributed by atoms with Crippen LogP contribution in [0.1, 0.15) is 39.9 Å². The van der Waals surface area contributed by atoms with Crippen molar-refractivity contribution in [3.63, 3.8) is 0 Å². The van der Waals surface area contributed by atoms with Crippen molar-refractivity contribution < 1.29 is 23.8 Å². The lowest BCUT2D eigenvalue weighted by molar-refractivity contribution is -0.134. The summed E-state index contributed by atoms with van der Waals surface area (Å²) in [6, 6.07) is 20.9. The van der Waals surface area contributed by atoms with Crippen LogP contribution in [0.2, 0.25) is 0 Å². The molecule has 2 aliphatic heterocycles. The molecule has 2 heterocycles. The second-order valence-corrected chi connectivity index (χ2v) is 10.2. The zero-order valence-corrected chi connectivity index (χ0v) is 23.2. The number of carbonyl (C=O) groups excluding carboxylic acids is 2. The lowest BCUT2D eigenvalue weighted by atomic mass is 9.91. The normalized spacial score (nSPS) is 17.9. The summed E-state index contributed by atoms with van der Waals surface area (Å²) >= 11 is 0. The number of piperidine rings is 1. The molecule has 2 amide bonds. The van der Waals surface area contributed by atoms with E-state index in [1.807, 2.05) is 76.5 Å². The van der Waals surface area contributed by atoms with Crippen LogP contribution in [-0.4, -0.2) is 68.6 Å². The fourth-order valence-corrected chi connectivity index (χ4v) is 5.71. The Balaban J connectivity index is 1.25. The summed E-state index contributed by atoms with van der Waals surface area (Å²) in [5.74, 6) is 8.16. The quantitative estimate of drug-likeness (QED) is 0.435. The van der Waals surface area contributed by atoms with Gasteiger partial charge in [0.15, 0.2) is 11.5 Å². The van der Waals surface area contributed by atoms with Crippen LogP contribution in [0.5, 0.6) is 17.2 Å². The van der Waals surface area contributed by atoms with Crippen LogP contribution < -0.4 is 14.2 Å². The van der Waals surface area contributed by atoms with Crippen molar-refractivity contribution in [2.75, 3.05) is 41.0 Å². The summed E-state index contributed by atoms with van der Waals surface area (Å²) in [5.41, 5.74) is 3.24. The molecule has 2 fully saturated rings. The standard InChI is InChI=1S/C33H34N2O5/c1-38-29-18-25(19-30(39-2)32(29)40-3)20-31(36)35-17-7-10-27-21-34(22-28(27)35)33(37)26-15-13-24(14-16-26)12-11-23-8-5-4-6-9-23/h4-6,8-9,13-16,18-19,27-28H,7,10,17,20-22H2,1-3H3/t27-,28+/m1/s1. The largest absolute Gasteiger partial charge is 0.493 e. The molecule has 0 bridgehead atoms. The Morgan fingerprint density at radius 2 is 1.50 bits per heavy atom. The molecule has 0 aromatic heterocycles. The molecule has 2 aliphatic rings. The number of ether oxygens (including phenoxy) is 3. The van der Waals surface area contributed by atoms with Crippen molar-refractivity contribution in [3.8, 4) is 29.1 Å². The van der Waals surface area contributed by atoms with Gasteiger partial charge in [-0.15, -0.1) is 0 Å². The minimum absolute atomic E-state index is 0.00556. The number of fused-ring (bicyclic) bond motifs is 1. The van der Waals surface area contributed by atoms with Gasteiger partial charge in [0.2, 0.25) is 11.7 Å². The number of carbonyl (C=O) groups is 2. The highest BCUT2D eigenvalue weighted by Crippen LogP contribution is 2.39. The fraction of sp³-hybridized carbons (Fsp3) is 0.333. The minimum Gasteiger partial charge on any atom is -0.493 e. The fourth-order valence-electron chi connectivity index (χ4n) is 5.71. The highest BCUT2D eigenvalue weighted by Gasteiger charge is 2.42. The van der Waals surface area contributed by atoms with E-state index in [-0.39, 0.29) is 30.2 Å². The second kappa shape index (κ2) is 12.2. The van der Waals surface area contributed by atoms with Gasteiger partial charge in [0, 0.05) is 36.3 Å². The molecule has 3 aromatic rings. The Hall–Kier alpha value is -4.44. The Bertz CT molecular complexity index is 1400. The van der Waals surface area contributed by atoms with Gasteiger partial charge in [0.05, 0.1) is 33.8 Å². The van der Waals surface area contributed by atoms with Gasteiger partial charge in [-0.2, -0.15) is 0 Å². The molecular weight excluding hydrogens is 504 g/mol. The molecule has 0 aliphatic carbocycles. The summed E-state index contributed by atoms with van der Waals surface area (Å²) < 4.78 is 16.3. The van der Waals surface area contributed by atoms with Crippen LogP contribution in [-0.2, 0) is 11.2 Å². The zero-order valence-electron chi connectivity index (χ0n) is 23.2. The van der Waals surface area contributed by atoms with E-state index in [1.54, 1.807) is 21.3 Å². The molecule has 5 rings (SSSR count). The Labute approximate surface area is 235 Å². The van der Waals surface area contributed by atoms with Crippen molar-refractivity contribution in [2.24, 2.45) is 5.92 Å². The third kappa shape index (κ3) is 5.76. The summed E-state index contributed by atoms with van der Waals surface area (Å²) in [7, 11) is 4.68. The van der Waals surface area contributed by atoms with Crippen LogP contribution in [0.15, 0.2) is 66.7 Å². The van der Waals surface area contributed by atoms with Gasteiger partial charge in [0.1, 0.15) is 0 Å². The number of benzene rings is 3. The van der Waals surface area contributed by atoms with Crippen LogP contribution in [0.3, 0.4) is 0 Å². The third-order valence-corrected chi connectivity index (χ3v) is 7.72. The van der Waals surface area contributed by atoms with Crippen molar-refractivity contribution in [1.82, 2.24) is 9.80 Å². The third-order valence-electron chi connectivity index (χ3n) is 7.72. The van der Waals surface area contributed by atoms with E-state index in [2.05, 4.69) is 11.8 Å².